The van der Waals surface area contributed by atoms with Crippen LogP contribution in [0.4, 0.5) is 0 Å². The molecule has 1 saturated heterocycles. The predicted molar refractivity (Wildman–Crippen MR) is 106 cm³/mol. The maximum atomic E-state index is 12.9. The third-order valence-corrected chi connectivity index (χ3v) is 5.16. The van der Waals surface area contributed by atoms with Gasteiger partial charge in [-0.2, -0.15) is 0 Å². The van der Waals surface area contributed by atoms with Crippen molar-refractivity contribution in [1.82, 2.24) is 19.8 Å². The lowest BCUT2D eigenvalue weighted by atomic mass is 10.0. The summed E-state index contributed by atoms with van der Waals surface area (Å²) in [5, 5.41) is 5.43. The van der Waals surface area contributed by atoms with Crippen molar-refractivity contribution >= 4 is 22.8 Å². The summed E-state index contributed by atoms with van der Waals surface area (Å²) in [6.07, 6.45) is 3.21. The van der Waals surface area contributed by atoms with Crippen LogP contribution >= 0.6 is 0 Å². The number of imide groups is 1. The lowest BCUT2D eigenvalue weighted by molar-refractivity contribution is -0.135. The standard InChI is InChI=1S/C20H28N4O4/c1-21-11-5-13-28-12-4-7-14-6-3-8-15-18(14)23(2)20(27)24(15)16-9-10-17(25)22-19(16)26/h3,6,8,16,21H,4-5,7,9-13H2,1-2H3,(H,22,25,26). The van der Waals surface area contributed by atoms with Crippen LogP contribution < -0.4 is 16.3 Å². The van der Waals surface area contributed by atoms with E-state index in [9.17, 15) is 14.4 Å². The van der Waals surface area contributed by atoms with E-state index in [0.29, 0.717) is 13.0 Å². The molecule has 1 aromatic heterocycles. The molecule has 3 rings (SSSR count). The molecule has 2 heterocycles. The van der Waals surface area contributed by atoms with Gasteiger partial charge in [0, 0.05) is 26.7 Å². The summed E-state index contributed by atoms with van der Waals surface area (Å²) in [4.78, 5) is 36.6. The molecule has 1 aliphatic rings. The van der Waals surface area contributed by atoms with Crippen LogP contribution in [-0.4, -0.2) is 47.8 Å². The summed E-state index contributed by atoms with van der Waals surface area (Å²) in [6, 6.07) is 5.13. The molecule has 0 radical (unpaired) electrons. The molecular weight excluding hydrogens is 360 g/mol. The second kappa shape index (κ2) is 9.16. The van der Waals surface area contributed by atoms with Gasteiger partial charge in [0.2, 0.25) is 11.8 Å². The SMILES string of the molecule is CNCCCOCCCc1cccc2c1n(C)c(=O)n2C1CCC(=O)NC1=O. The Balaban J connectivity index is 1.78. The number of rotatable bonds is 9. The van der Waals surface area contributed by atoms with Crippen molar-refractivity contribution in [2.45, 2.75) is 38.1 Å². The first-order valence-electron chi connectivity index (χ1n) is 9.79. The van der Waals surface area contributed by atoms with Crippen LogP contribution in [-0.2, 0) is 27.8 Å². The van der Waals surface area contributed by atoms with Gasteiger partial charge in [-0.05, 0) is 50.9 Å². The van der Waals surface area contributed by atoms with Crippen LogP contribution in [0.15, 0.2) is 23.0 Å². The van der Waals surface area contributed by atoms with Gasteiger partial charge in [-0.15, -0.1) is 0 Å². The molecule has 0 saturated carbocycles. The molecule has 1 unspecified atom stereocenters. The number of hydrogen-bond donors (Lipinski definition) is 2. The highest BCUT2D eigenvalue weighted by Crippen LogP contribution is 2.25. The zero-order chi connectivity index (χ0) is 20.1. The molecule has 8 heteroatoms. The molecule has 152 valence electrons. The molecule has 1 aromatic carbocycles. The summed E-state index contributed by atoms with van der Waals surface area (Å²) in [5.74, 6) is -0.698. The second-order valence-electron chi connectivity index (χ2n) is 7.14. The van der Waals surface area contributed by atoms with E-state index in [1.54, 1.807) is 11.6 Å². The first-order chi connectivity index (χ1) is 13.5. The predicted octanol–water partition coefficient (Wildman–Crippen LogP) is 0.876. The van der Waals surface area contributed by atoms with Gasteiger partial charge in [0.15, 0.2) is 0 Å². The van der Waals surface area contributed by atoms with E-state index in [2.05, 4.69) is 10.6 Å². The quantitative estimate of drug-likeness (QED) is 0.491. The Morgan fingerprint density at radius 1 is 1.21 bits per heavy atom. The van der Waals surface area contributed by atoms with E-state index >= 15 is 0 Å². The number of nitrogens with one attached hydrogen (secondary N) is 2. The Bertz CT molecular complexity index is 915. The number of piperidine rings is 1. The van der Waals surface area contributed by atoms with Crippen molar-refractivity contribution < 1.29 is 14.3 Å². The molecule has 2 aromatic rings. The average Bonchev–Trinajstić information content (AvgIpc) is 2.93. The number of nitrogens with zero attached hydrogens (tertiary/aromatic N) is 2. The Morgan fingerprint density at radius 2 is 2.00 bits per heavy atom. The topological polar surface area (TPSA) is 94.4 Å². The zero-order valence-electron chi connectivity index (χ0n) is 16.5. The van der Waals surface area contributed by atoms with E-state index in [1.165, 1.54) is 4.57 Å². The van der Waals surface area contributed by atoms with E-state index in [4.69, 9.17) is 4.74 Å². The van der Waals surface area contributed by atoms with Crippen molar-refractivity contribution in [3.05, 3.63) is 34.2 Å². The minimum atomic E-state index is -0.653. The maximum absolute atomic E-state index is 12.9. The number of para-hydroxylation sites is 1. The summed E-state index contributed by atoms with van der Waals surface area (Å²) < 4.78 is 8.77. The van der Waals surface area contributed by atoms with Gasteiger partial charge >= 0.3 is 5.69 Å². The molecule has 0 aliphatic carbocycles. The summed E-state index contributed by atoms with van der Waals surface area (Å²) in [6.45, 7) is 2.34. The molecule has 28 heavy (non-hydrogen) atoms. The van der Waals surface area contributed by atoms with Crippen molar-refractivity contribution in [3.63, 3.8) is 0 Å². The lowest BCUT2D eigenvalue weighted by Gasteiger charge is -2.21. The molecular formula is C20H28N4O4. The Labute approximate surface area is 163 Å². The van der Waals surface area contributed by atoms with Crippen molar-refractivity contribution in [3.8, 4) is 0 Å². The van der Waals surface area contributed by atoms with Gasteiger partial charge in [-0.25, -0.2) is 4.79 Å². The lowest BCUT2D eigenvalue weighted by Crippen LogP contribution is -2.44. The fourth-order valence-electron chi connectivity index (χ4n) is 3.77. The second-order valence-corrected chi connectivity index (χ2v) is 7.14. The molecule has 1 aliphatic heterocycles. The van der Waals surface area contributed by atoms with Crippen LogP contribution in [0.5, 0.6) is 0 Å². The van der Waals surface area contributed by atoms with E-state index < -0.39 is 11.9 Å². The number of ether oxygens (including phenoxy) is 1. The fourth-order valence-corrected chi connectivity index (χ4v) is 3.77. The van der Waals surface area contributed by atoms with Gasteiger partial charge in [-0.1, -0.05) is 12.1 Å². The Hall–Kier alpha value is -2.45. The molecule has 0 spiro atoms. The number of amides is 2. The van der Waals surface area contributed by atoms with E-state index in [1.807, 2.05) is 25.2 Å². The normalized spacial score (nSPS) is 17.3. The third-order valence-electron chi connectivity index (χ3n) is 5.16. The van der Waals surface area contributed by atoms with Gasteiger partial charge in [0.1, 0.15) is 6.04 Å². The zero-order valence-corrected chi connectivity index (χ0v) is 16.5. The molecule has 0 bridgehead atoms. The molecule has 2 N–H and O–H groups in total. The third kappa shape index (κ3) is 4.18. The number of imidazole rings is 1. The minimum absolute atomic E-state index is 0.236. The highest BCUT2D eigenvalue weighted by atomic mass is 16.5. The van der Waals surface area contributed by atoms with Gasteiger partial charge in [-0.3, -0.25) is 24.0 Å². The first kappa shape index (κ1) is 20.3. The molecule has 1 atom stereocenters. The van der Waals surface area contributed by atoms with Crippen molar-refractivity contribution in [2.24, 2.45) is 7.05 Å². The molecule has 1 fully saturated rings. The van der Waals surface area contributed by atoms with Crippen molar-refractivity contribution in [2.75, 3.05) is 26.8 Å². The van der Waals surface area contributed by atoms with Crippen molar-refractivity contribution in [1.29, 1.82) is 0 Å². The average molecular weight is 388 g/mol. The minimum Gasteiger partial charge on any atom is -0.381 e. The van der Waals surface area contributed by atoms with Gasteiger partial charge in [0.05, 0.1) is 11.0 Å². The molecule has 2 amide bonds. The number of aromatic nitrogens is 2. The number of hydrogen-bond acceptors (Lipinski definition) is 5. The van der Waals surface area contributed by atoms with E-state index in [0.717, 1.165) is 49.0 Å². The number of aryl methyl sites for hydroxylation is 2. The monoisotopic (exact) mass is 388 g/mol. The summed E-state index contributed by atoms with van der Waals surface area (Å²) in [7, 11) is 3.65. The van der Waals surface area contributed by atoms with Crippen LogP contribution in [0.2, 0.25) is 0 Å². The number of carbonyl (C=O) groups is 2. The number of fused-ring (bicyclic) bond motifs is 1. The van der Waals surface area contributed by atoms with Gasteiger partial charge in [0.25, 0.3) is 0 Å². The smallest absolute Gasteiger partial charge is 0.329 e. The Morgan fingerprint density at radius 3 is 2.75 bits per heavy atom. The van der Waals surface area contributed by atoms with E-state index in [-0.39, 0.29) is 18.0 Å². The first-order valence-corrected chi connectivity index (χ1v) is 9.79. The van der Waals surface area contributed by atoms with Crippen LogP contribution in [0.3, 0.4) is 0 Å². The van der Waals surface area contributed by atoms with Crippen LogP contribution in [0.25, 0.3) is 11.0 Å². The highest BCUT2D eigenvalue weighted by molar-refractivity contribution is 6.00. The summed E-state index contributed by atoms with van der Waals surface area (Å²) >= 11 is 0. The molecule has 8 nitrogen and oxygen atoms in total. The summed E-state index contributed by atoms with van der Waals surface area (Å²) in [5.41, 5.74) is 2.39. The largest absolute Gasteiger partial charge is 0.381 e. The van der Waals surface area contributed by atoms with Gasteiger partial charge < -0.3 is 10.1 Å². The fraction of sp³-hybridized carbons (Fsp3) is 0.550. The number of carbonyl (C=O) groups excluding carboxylic acids is 2. The number of benzene rings is 1. The Kier molecular flexibility index (Phi) is 6.64. The maximum Gasteiger partial charge on any atom is 0.329 e. The highest BCUT2D eigenvalue weighted by Gasteiger charge is 2.31. The van der Waals surface area contributed by atoms with Crippen LogP contribution in [0.1, 0.15) is 37.3 Å². The van der Waals surface area contributed by atoms with Crippen LogP contribution in [0, 0.1) is 0 Å².